The number of rotatable bonds is 1. The molecule has 0 spiro atoms. The summed E-state index contributed by atoms with van der Waals surface area (Å²) >= 11 is 0. The molecule has 2 heterocycles. The normalized spacial score (nSPS) is 17.9. The van der Waals surface area contributed by atoms with E-state index in [1.54, 1.807) is 18.3 Å². The van der Waals surface area contributed by atoms with Gasteiger partial charge < -0.3 is 10.1 Å². The zero-order valence-corrected chi connectivity index (χ0v) is 8.96. The maximum Gasteiger partial charge on any atom is 0.258 e. The topological polar surface area (TPSA) is 51.2 Å². The van der Waals surface area contributed by atoms with Crippen LogP contribution < -0.4 is 10.1 Å². The van der Waals surface area contributed by atoms with Crippen LogP contribution in [0.3, 0.4) is 0 Å². The lowest BCUT2D eigenvalue weighted by Gasteiger charge is -2.26. The van der Waals surface area contributed by atoms with Crippen molar-refractivity contribution in [1.29, 1.82) is 0 Å². The number of nitrogens with zero attached hydrogens (tertiary/aromatic N) is 1. The van der Waals surface area contributed by atoms with Gasteiger partial charge in [0, 0.05) is 6.20 Å². The summed E-state index contributed by atoms with van der Waals surface area (Å²) in [4.78, 5) is 16.0. The molecule has 1 aromatic carbocycles. The Morgan fingerprint density at radius 3 is 2.76 bits per heavy atom. The number of para-hydroxylation sites is 1. The highest BCUT2D eigenvalue weighted by Gasteiger charge is 2.26. The van der Waals surface area contributed by atoms with E-state index < -0.39 is 6.23 Å². The molecule has 1 aliphatic rings. The number of hydrogen-bond donors (Lipinski definition) is 1. The largest absolute Gasteiger partial charge is 0.464 e. The van der Waals surface area contributed by atoms with E-state index in [9.17, 15) is 4.79 Å². The summed E-state index contributed by atoms with van der Waals surface area (Å²) in [5.41, 5.74) is 1.25. The predicted molar refractivity (Wildman–Crippen MR) is 61.5 cm³/mol. The quantitative estimate of drug-likeness (QED) is 0.808. The number of nitrogens with one attached hydrogen (secondary N) is 1. The summed E-state index contributed by atoms with van der Waals surface area (Å²) in [6, 6.07) is 12.7. The SMILES string of the molecule is O=C1NC(c2ccccn2)Oc2ccccc21. The maximum atomic E-state index is 11.9. The van der Waals surface area contributed by atoms with Gasteiger partial charge in [0.25, 0.3) is 5.91 Å². The van der Waals surface area contributed by atoms with Crippen molar-refractivity contribution < 1.29 is 9.53 Å². The van der Waals surface area contributed by atoms with Crippen LogP contribution in [0.1, 0.15) is 22.3 Å². The predicted octanol–water partition coefficient (Wildman–Crippen LogP) is 1.90. The van der Waals surface area contributed by atoms with Crippen LogP contribution in [-0.4, -0.2) is 10.9 Å². The van der Waals surface area contributed by atoms with Gasteiger partial charge in [0.2, 0.25) is 6.23 Å². The Kier molecular flexibility index (Phi) is 2.26. The third kappa shape index (κ3) is 1.73. The zero-order chi connectivity index (χ0) is 11.7. The number of fused-ring (bicyclic) bond motifs is 1. The summed E-state index contributed by atoms with van der Waals surface area (Å²) in [6.45, 7) is 0. The first-order valence-electron chi connectivity index (χ1n) is 5.32. The average molecular weight is 226 g/mol. The fourth-order valence-corrected chi connectivity index (χ4v) is 1.78. The first kappa shape index (κ1) is 9.84. The van der Waals surface area contributed by atoms with Gasteiger partial charge in [-0.25, -0.2) is 0 Å². The molecule has 1 aromatic heterocycles. The molecule has 0 saturated carbocycles. The molecule has 1 unspecified atom stereocenters. The minimum Gasteiger partial charge on any atom is -0.464 e. The lowest BCUT2D eigenvalue weighted by molar-refractivity contribution is 0.0748. The van der Waals surface area contributed by atoms with Crippen LogP contribution in [0.5, 0.6) is 5.75 Å². The number of aromatic nitrogens is 1. The van der Waals surface area contributed by atoms with Gasteiger partial charge in [-0.3, -0.25) is 9.78 Å². The van der Waals surface area contributed by atoms with Crippen LogP contribution in [-0.2, 0) is 0 Å². The molecule has 0 fully saturated rings. The van der Waals surface area contributed by atoms with Crippen molar-refractivity contribution in [3.8, 4) is 5.75 Å². The molecule has 1 amide bonds. The molecule has 84 valence electrons. The van der Waals surface area contributed by atoms with Crippen molar-refractivity contribution in [2.24, 2.45) is 0 Å². The smallest absolute Gasteiger partial charge is 0.258 e. The zero-order valence-electron chi connectivity index (χ0n) is 8.96. The van der Waals surface area contributed by atoms with Gasteiger partial charge in [0.1, 0.15) is 11.4 Å². The van der Waals surface area contributed by atoms with E-state index in [-0.39, 0.29) is 5.91 Å². The lowest BCUT2D eigenvalue weighted by atomic mass is 10.1. The molecule has 1 aliphatic heterocycles. The van der Waals surface area contributed by atoms with Gasteiger partial charge in [-0.15, -0.1) is 0 Å². The van der Waals surface area contributed by atoms with Crippen molar-refractivity contribution in [3.05, 3.63) is 59.9 Å². The summed E-state index contributed by atoms with van der Waals surface area (Å²) in [5.74, 6) is 0.453. The highest BCUT2D eigenvalue weighted by atomic mass is 16.5. The summed E-state index contributed by atoms with van der Waals surface area (Å²) < 4.78 is 5.69. The Hall–Kier alpha value is -2.36. The molecule has 0 bridgehead atoms. The van der Waals surface area contributed by atoms with Crippen LogP contribution in [0.15, 0.2) is 48.7 Å². The highest BCUT2D eigenvalue weighted by Crippen LogP contribution is 2.27. The highest BCUT2D eigenvalue weighted by molar-refractivity contribution is 5.97. The van der Waals surface area contributed by atoms with Gasteiger partial charge in [-0.2, -0.15) is 0 Å². The van der Waals surface area contributed by atoms with Crippen molar-refractivity contribution in [1.82, 2.24) is 10.3 Å². The van der Waals surface area contributed by atoms with E-state index in [4.69, 9.17) is 4.74 Å². The number of carbonyl (C=O) groups is 1. The van der Waals surface area contributed by atoms with Crippen LogP contribution in [0.2, 0.25) is 0 Å². The number of pyridine rings is 1. The molecule has 0 saturated heterocycles. The first-order valence-corrected chi connectivity index (χ1v) is 5.32. The van der Waals surface area contributed by atoms with E-state index in [0.29, 0.717) is 17.0 Å². The first-order chi connectivity index (χ1) is 8.34. The van der Waals surface area contributed by atoms with E-state index in [1.807, 2.05) is 30.3 Å². The summed E-state index contributed by atoms with van der Waals surface area (Å²) in [6.07, 6.45) is 1.16. The van der Waals surface area contributed by atoms with Crippen LogP contribution in [0.4, 0.5) is 0 Å². The van der Waals surface area contributed by atoms with Crippen molar-refractivity contribution in [2.75, 3.05) is 0 Å². The van der Waals surface area contributed by atoms with Crippen LogP contribution in [0.25, 0.3) is 0 Å². The van der Waals surface area contributed by atoms with E-state index in [1.165, 1.54) is 0 Å². The molecule has 2 aromatic rings. The van der Waals surface area contributed by atoms with Gasteiger partial charge >= 0.3 is 0 Å². The van der Waals surface area contributed by atoms with Crippen LogP contribution >= 0.6 is 0 Å². The second-order valence-electron chi connectivity index (χ2n) is 3.72. The Balaban J connectivity index is 1.97. The van der Waals surface area contributed by atoms with Gasteiger partial charge in [-0.05, 0) is 24.3 Å². The standard InChI is InChI=1S/C13H10N2O2/c16-12-9-5-1-2-7-11(9)17-13(15-12)10-6-3-4-8-14-10/h1-8,13H,(H,15,16). The number of amides is 1. The molecule has 4 heteroatoms. The number of hydrogen-bond acceptors (Lipinski definition) is 3. The molecule has 0 aliphatic carbocycles. The molecular formula is C13H10N2O2. The average Bonchev–Trinajstić information content (AvgIpc) is 2.40. The molecule has 1 N–H and O–H groups in total. The summed E-state index contributed by atoms with van der Waals surface area (Å²) in [7, 11) is 0. The Bertz CT molecular complexity index is 554. The molecular weight excluding hydrogens is 216 g/mol. The number of carbonyl (C=O) groups excluding carboxylic acids is 1. The van der Waals surface area contributed by atoms with Crippen molar-refractivity contribution in [3.63, 3.8) is 0 Å². The molecule has 1 atom stereocenters. The maximum absolute atomic E-state index is 11.9. The fourth-order valence-electron chi connectivity index (χ4n) is 1.78. The van der Waals surface area contributed by atoms with E-state index in [0.717, 1.165) is 0 Å². The number of benzene rings is 1. The molecule has 4 nitrogen and oxygen atoms in total. The third-order valence-corrected chi connectivity index (χ3v) is 2.60. The van der Waals surface area contributed by atoms with Gasteiger partial charge in [-0.1, -0.05) is 18.2 Å². The second kappa shape index (κ2) is 3.90. The van der Waals surface area contributed by atoms with Crippen molar-refractivity contribution in [2.45, 2.75) is 6.23 Å². The van der Waals surface area contributed by atoms with E-state index in [2.05, 4.69) is 10.3 Å². The van der Waals surface area contributed by atoms with E-state index >= 15 is 0 Å². The number of ether oxygens (including phenoxy) is 1. The third-order valence-electron chi connectivity index (χ3n) is 2.60. The minimum absolute atomic E-state index is 0.137. The van der Waals surface area contributed by atoms with Gasteiger partial charge in [0.05, 0.1) is 5.56 Å². The van der Waals surface area contributed by atoms with Crippen LogP contribution in [0, 0.1) is 0 Å². The fraction of sp³-hybridized carbons (Fsp3) is 0.0769. The summed E-state index contributed by atoms with van der Waals surface area (Å²) in [5, 5.41) is 2.77. The molecule has 17 heavy (non-hydrogen) atoms. The Morgan fingerprint density at radius 1 is 1.12 bits per heavy atom. The van der Waals surface area contributed by atoms with Crippen molar-refractivity contribution >= 4 is 5.91 Å². The minimum atomic E-state index is -0.515. The van der Waals surface area contributed by atoms with Gasteiger partial charge in [0.15, 0.2) is 0 Å². The monoisotopic (exact) mass is 226 g/mol. The molecule has 0 radical (unpaired) electrons. The Labute approximate surface area is 98.3 Å². The molecule has 3 rings (SSSR count). The Morgan fingerprint density at radius 2 is 1.94 bits per heavy atom. The lowest BCUT2D eigenvalue weighted by Crippen LogP contribution is -2.37. The second-order valence-corrected chi connectivity index (χ2v) is 3.72.